The number of hydrogen-bond donors (Lipinski definition) is 1. The topological polar surface area (TPSA) is 29.9 Å². The second-order valence-electron chi connectivity index (χ2n) is 4.70. The van der Waals surface area contributed by atoms with Crippen LogP contribution in [0.15, 0.2) is 36.7 Å². The molecule has 2 rings (SSSR count). The van der Waals surface area contributed by atoms with E-state index in [4.69, 9.17) is 11.6 Å². The predicted molar refractivity (Wildman–Crippen MR) is 79.4 cm³/mol. The molecule has 1 atom stereocenters. The number of imidazole rings is 1. The van der Waals surface area contributed by atoms with Crippen LogP contribution in [0, 0.1) is 0 Å². The van der Waals surface area contributed by atoms with E-state index in [1.807, 2.05) is 37.6 Å². The van der Waals surface area contributed by atoms with Crippen molar-refractivity contribution in [2.24, 2.45) is 7.05 Å². The second-order valence-corrected chi connectivity index (χ2v) is 5.11. The number of benzene rings is 1. The third kappa shape index (κ3) is 3.58. The summed E-state index contributed by atoms with van der Waals surface area (Å²) in [5.41, 5.74) is 1.15. The van der Waals surface area contributed by atoms with Gasteiger partial charge < -0.3 is 9.88 Å². The lowest BCUT2D eigenvalue weighted by molar-refractivity contribution is 0.491. The number of hydrogen-bond acceptors (Lipinski definition) is 2. The summed E-state index contributed by atoms with van der Waals surface area (Å²) in [5, 5.41) is 4.37. The first-order valence-electron chi connectivity index (χ1n) is 6.66. The number of nitrogens with zero attached hydrogens (tertiary/aromatic N) is 2. The molecule has 1 N–H and O–H groups in total. The first-order chi connectivity index (χ1) is 9.22. The number of rotatable bonds is 6. The molecule has 0 amide bonds. The number of aromatic nitrogens is 2. The molecule has 19 heavy (non-hydrogen) atoms. The molecular weight excluding hydrogens is 258 g/mol. The lowest BCUT2D eigenvalue weighted by Crippen LogP contribution is -2.26. The van der Waals surface area contributed by atoms with Crippen LogP contribution in [-0.2, 0) is 13.5 Å². The maximum atomic E-state index is 6.25. The average molecular weight is 278 g/mol. The molecule has 1 aromatic heterocycles. The van der Waals surface area contributed by atoms with Gasteiger partial charge in [0.05, 0.1) is 6.04 Å². The molecule has 0 fully saturated rings. The summed E-state index contributed by atoms with van der Waals surface area (Å²) < 4.78 is 2.06. The third-order valence-corrected chi connectivity index (χ3v) is 3.56. The first-order valence-corrected chi connectivity index (χ1v) is 7.04. The molecule has 1 unspecified atom stereocenters. The quantitative estimate of drug-likeness (QED) is 0.877. The molecule has 0 aliphatic heterocycles. The van der Waals surface area contributed by atoms with Crippen molar-refractivity contribution in [1.82, 2.24) is 14.9 Å². The van der Waals surface area contributed by atoms with Gasteiger partial charge in [0.25, 0.3) is 0 Å². The molecule has 1 heterocycles. The van der Waals surface area contributed by atoms with Crippen molar-refractivity contribution in [3.05, 3.63) is 53.1 Å². The summed E-state index contributed by atoms with van der Waals surface area (Å²) >= 11 is 6.25. The van der Waals surface area contributed by atoms with Gasteiger partial charge in [0.2, 0.25) is 0 Å². The minimum absolute atomic E-state index is 0.194. The van der Waals surface area contributed by atoms with E-state index in [0.29, 0.717) is 0 Å². The molecule has 0 aliphatic rings. The van der Waals surface area contributed by atoms with Gasteiger partial charge in [-0.2, -0.15) is 0 Å². The van der Waals surface area contributed by atoms with Gasteiger partial charge in [-0.3, -0.25) is 0 Å². The van der Waals surface area contributed by atoms with E-state index >= 15 is 0 Å². The van der Waals surface area contributed by atoms with Crippen molar-refractivity contribution >= 4 is 11.6 Å². The normalized spacial score (nSPS) is 12.6. The molecular formula is C15H20ClN3. The third-order valence-electron chi connectivity index (χ3n) is 3.19. The van der Waals surface area contributed by atoms with Crippen LogP contribution >= 0.6 is 11.6 Å². The zero-order chi connectivity index (χ0) is 13.7. The lowest BCUT2D eigenvalue weighted by atomic mass is 10.0. The minimum Gasteiger partial charge on any atom is -0.337 e. The lowest BCUT2D eigenvalue weighted by Gasteiger charge is -2.19. The Bertz CT molecular complexity index is 522. The van der Waals surface area contributed by atoms with Crippen molar-refractivity contribution in [1.29, 1.82) is 0 Å². The highest BCUT2D eigenvalue weighted by molar-refractivity contribution is 6.31. The van der Waals surface area contributed by atoms with E-state index < -0.39 is 0 Å². The van der Waals surface area contributed by atoms with E-state index in [1.165, 1.54) is 0 Å². The Morgan fingerprint density at radius 3 is 2.79 bits per heavy atom. The van der Waals surface area contributed by atoms with Crippen molar-refractivity contribution in [3.63, 3.8) is 0 Å². The molecule has 0 radical (unpaired) electrons. The molecule has 0 bridgehead atoms. The fourth-order valence-electron chi connectivity index (χ4n) is 2.17. The van der Waals surface area contributed by atoms with Gasteiger partial charge in [-0.25, -0.2) is 4.98 Å². The smallest absolute Gasteiger partial charge is 0.125 e. The first kappa shape index (κ1) is 14.1. The molecule has 4 heteroatoms. The molecule has 0 aliphatic carbocycles. The van der Waals surface area contributed by atoms with E-state index in [-0.39, 0.29) is 6.04 Å². The Hall–Kier alpha value is -1.32. The van der Waals surface area contributed by atoms with E-state index in [1.54, 1.807) is 0 Å². The van der Waals surface area contributed by atoms with Crippen molar-refractivity contribution < 1.29 is 0 Å². The molecule has 0 saturated heterocycles. The highest BCUT2D eigenvalue weighted by Crippen LogP contribution is 2.22. The standard InChI is InChI=1S/C15H20ClN3/c1-3-8-17-14(15-18-9-10-19(15)2)11-12-6-4-5-7-13(12)16/h4-7,9-10,14,17H,3,8,11H2,1-2H3. The van der Waals surface area contributed by atoms with Crippen LogP contribution in [0.1, 0.15) is 30.8 Å². The second kappa shape index (κ2) is 6.73. The largest absolute Gasteiger partial charge is 0.337 e. The van der Waals surface area contributed by atoms with E-state index in [0.717, 1.165) is 35.8 Å². The molecule has 2 aromatic rings. The highest BCUT2D eigenvalue weighted by atomic mass is 35.5. The monoisotopic (exact) mass is 277 g/mol. The van der Waals surface area contributed by atoms with Crippen molar-refractivity contribution in [3.8, 4) is 0 Å². The van der Waals surface area contributed by atoms with Gasteiger partial charge in [-0.05, 0) is 31.0 Å². The highest BCUT2D eigenvalue weighted by Gasteiger charge is 2.16. The van der Waals surface area contributed by atoms with Crippen LogP contribution in [0.2, 0.25) is 5.02 Å². The van der Waals surface area contributed by atoms with Crippen LogP contribution in [-0.4, -0.2) is 16.1 Å². The summed E-state index contributed by atoms with van der Waals surface area (Å²) in [6.45, 7) is 3.14. The zero-order valence-electron chi connectivity index (χ0n) is 11.4. The van der Waals surface area contributed by atoms with Gasteiger partial charge >= 0.3 is 0 Å². The molecule has 0 spiro atoms. The molecule has 3 nitrogen and oxygen atoms in total. The Morgan fingerprint density at radius 1 is 1.37 bits per heavy atom. The molecule has 102 valence electrons. The van der Waals surface area contributed by atoms with E-state index in [9.17, 15) is 0 Å². The molecule has 1 aromatic carbocycles. The average Bonchev–Trinajstić information content (AvgIpc) is 2.83. The van der Waals surface area contributed by atoms with Crippen LogP contribution in [0.5, 0.6) is 0 Å². The predicted octanol–water partition coefficient (Wildman–Crippen LogP) is 3.36. The maximum Gasteiger partial charge on any atom is 0.125 e. The zero-order valence-corrected chi connectivity index (χ0v) is 12.2. The van der Waals surface area contributed by atoms with Crippen LogP contribution in [0.25, 0.3) is 0 Å². The summed E-state index contributed by atoms with van der Waals surface area (Å²) in [4.78, 5) is 4.45. The fourth-order valence-corrected chi connectivity index (χ4v) is 2.38. The van der Waals surface area contributed by atoms with Crippen molar-refractivity contribution in [2.45, 2.75) is 25.8 Å². The van der Waals surface area contributed by atoms with Gasteiger partial charge in [-0.1, -0.05) is 36.7 Å². The summed E-state index contributed by atoms with van der Waals surface area (Å²) in [6, 6.07) is 8.19. The van der Waals surface area contributed by atoms with Gasteiger partial charge in [0.1, 0.15) is 5.82 Å². The maximum absolute atomic E-state index is 6.25. The number of aryl methyl sites for hydroxylation is 1. The number of nitrogens with one attached hydrogen (secondary N) is 1. The Morgan fingerprint density at radius 2 is 2.16 bits per heavy atom. The Kier molecular flexibility index (Phi) is 5.00. The summed E-state index contributed by atoms with van der Waals surface area (Å²) in [6.07, 6.45) is 5.76. The number of halogens is 1. The van der Waals surface area contributed by atoms with Gasteiger partial charge in [0.15, 0.2) is 0 Å². The fraction of sp³-hybridized carbons (Fsp3) is 0.400. The Labute approximate surface area is 119 Å². The van der Waals surface area contributed by atoms with Crippen molar-refractivity contribution in [2.75, 3.05) is 6.54 Å². The van der Waals surface area contributed by atoms with Crippen LogP contribution < -0.4 is 5.32 Å². The minimum atomic E-state index is 0.194. The summed E-state index contributed by atoms with van der Waals surface area (Å²) in [5.74, 6) is 1.05. The Balaban J connectivity index is 2.19. The molecule has 0 saturated carbocycles. The summed E-state index contributed by atoms with van der Waals surface area (Å²) in [7, 11) is 2.02. The van der Waals surface area contributed by atoms with Crippen LogP contribution in [0.3, 0.4) is 0 Å². The van der Waals surface area contributed by atoms with E-state index in [2.05, 4.69) is 27.9 Å². The SMILES string of the molecule is CCCNC(Cc1ccccc1Cl)c1nccn1C. The van der Waals surface area contributed by atoms with Gasteiger partial charge in [-0.15, -0.1) is 0 Å². The van der Waals surface area contributed by atoms with Crippen LogP contribution in [0.4, 0.5) is 0 Å². The van der Waals surface area contributed by atoms with Gasteiger partial charge in [0, 0.05) is 24.5 Å².